The molecule has 10 heteroatoms. The minimum atomic E-state index is -4.16. The van der Waals surface area contributed by atoms with Crippen molar-refractivity contribution in [2.45, 2.75) is 0 Å². The number of nitrogens with zero attached hydrogens (tertiary/aromatic N) is 1. The Morgan fingerprint density at radius 3 is 2.41 bits per heavy atom. The summed E-state index contributed by atoms with van der Waals surface area (Å²) < 4.78 is 29.7. The smallest absolute Gasteiger partial charge is 0.397 e. The van der Waals surface area contributed by atoms with Crippen molar-refractivity contribution in [3.63, 3.8) is 0 Å². The molecule has 17 heavy (non-hydrogen) atoms. The summed E-state index contributed by atoms with van der Waals surface area (Å²) in [6.07, 6.45) is 5.55. The number of carbonyl (C=O) groups is 1. The number of nitrogens with one attached hydrogen (secondary N) is 1. The molecule has 0 spiro atoms. The van der Waals surface area contributed by atoms with Gasteiger partial charge in [0.05, 0.1) is 19.1 Å². The number of carboxylic acid groups (broad SMARTS) is 1. The molecule has 1 rings (SSSR count). The minimum Gasteiger partial charge on any atom is -0.478 e. The molecule has 9 nitrogen and oxygen atoms in total. The standard InChI is InChI=1S/C6H6N2O2.CH4O4S.H3N/c9-6(10)2-1-5-3-7-4-8-5;1-5-6(2,3)4;/h1-4H,(H,7,8)(H,9,10);1H3,(H,2,3,4);1H3/b2-1+;;. The van der Waals surface area contributed by atoms with Crippen molar-refractivity contribution >= 4 is 22.4 Å². The van der Waals surface area contributed by atoms with E-state index in [2.05, 4.69) is 14.2 Å². The molecule has 0 saturated heterocycles. The molecule has 0 bridgehead atoms. The van der Waals surface area contributed by atoms with Gasteiger partial charge in [-0.25, -0.2) is 9.78 Å². The Kier molecular flexibility index (Phi) is 8.72. The fraction of sp³-hybridized carbons (Fsp3) is 0.143. The lowest BCUT2D eigenvalue weighted by atomic mass is 10.4. The molecular weight excluding hydrogens is 254 g/mol. The second-order valence-electron chi connectivity index (χ2n) is 2.26. The van der Waals surface area contributed by atoms with Crippen LogP contribution in [0.25, 0.3) is 6.08 Å². The molecule has 0 fully saturated rings. The average Bonchev–Trinajstić information content (AvgIpc) is 2.67. The lowest BCUT2D eigenvalue weighted by Crippen LogP contribution is -1.96. The second kappa shape index (κ2) is 8.41. The largest absolute Gasteiger partial charge is 0.478 e. The molecule has 1 heterocycles. The fourth-order valence-electron chi connectivity index (χ4n) is 0.520. The van der Waals surface area contributed by atoms with Gasteiger partial charge in [0.25, 0.3) is 0 Å². The number of imidazole rings is 1. The van der Waals surface area contributed by atoms with Gasteiger partial charge < -0.3 is 16.2 Å². The van der Waals surface area contributed by atoms with Crippen LogP contribution in [0, 0.1) is 0 Å². The predicted molar refractivity (Wildman–Crippen MR) is 58.8 cm³/mol. The van der Waals surface area contributed by atoms with Crippen LogP contribution < -0.4 is 6.15 Å². The van der Waals surface area contributed by atoms with Crippen molar-refractivity contribution in [3.8, 4) is 0 Å². The summed E-state index contributed by atoms with van der Waals surface area (Å²) in [7, 11) is -3.29. The molecule has 0 unspecified atom stereocenters. The maximum Gasteiger partial charge on any atom is 0.397 e. The number of rotatable bonds is 3. The van der Waals surface area contributed by atoms with E-state index < -0.39 is 16.4 Å². The maximum absolute atomic E-state index is 9.97. The van der Waals surface area contributed by atoms with Crippen LogP contribution in [0.2, 0.25) is 0 Å². The van der Waals surface area contributed by atoms with Gasteiger partial charge in [-0.15, -0.1) is 0 Å². The topological polar surface area (TPSA) is 165 Å². The van der Waals surface area contributed by atoms with Gasteiger partial charge in [-0.1, -0.05) is 0 Å². The van der Waals surface area contributed by atoms with Crippen molar-refractivity contribution in [1.82, 2.24) is 16.1 Å². The van der Waals surface area contributed by atoms with Crippen molar-refractivity contribution in [1.29, 1.82) is 0 Å². The van der Waals surface area contributed by atoms with E-state index in [0.29, 0.717) is 5.69 Å². The second-order valence-corrected chi connectivity index (χ2v) is 3.45. The van der Waals surface area contributed by atoms with Crippen molar-refractivity contribution in [2.24, 2.45) is 0 Å². The highest BCUT2D eigenvalue weighted by Gasteiger charge is 1.94. The lowest BCUT2D eigenvalue weighted by Gasteiger charge is -1.82. The number of aromatic nitrogens is 2. The molecule has 0 aliphatic rings. The van der Waals surface area contributed by atoms with Gasteiger partial charge in [0.1, 0.15) is 0 Å². The first kappa shape index (κ1) is 17.6. The fourth-order valence-corrected chi connectivity index (χ4v) is 0.520. The first-order valence-electron chi connectivity index (χ1n) is 3.78. The van der Waals surface area contributed by atoms with Gasteiger partial charge in [-0.3, -0.25) is 8.74 Å². The number of hydrogen-bond acceptors (Lipinski definition) is 6. The molecule has 0 aliphatic heterocycles. The molecule has 0 atom stereocenters. The Morgan fingerprint density at radius 2 is 2.12 bits per heavy atom. The highest BCUT2D eigenvalue weighted by atomic mass is 32.3. The summed E-state index contributed by atoms with van der Waals surface area (Å²) >= 11 is 0. The Morgan fingerprint density at radius 1 is 1.59 bits per heavy atom. The number of aromatic amines is 1. The molecule has 6 N–H and O–H groups in total. The van der Waals surface area contributed by atoms with Crippen LogP contribution in [0.4, 0.5) is 0 Å². The highest BCUT2D eigenvalue weighted by Crippen LogP contribution is 1.92. The first-order valence-corrected chi connectivity index (χ1v) is 5.14. The molecule has 0 saturated carbocycles. The summed E-state index contributed by atoms with van der Waals surface area (Å²) in [5.74, 6) is -0.969. The van der Waals surface area contributed by atoms with E-state index >= 15 is 0 Å². The quantitative estimate of drug-likeness (QED) is 0.442. The van der Waals surface area contributed by atoms with Crippen LogP contribution in [0.15, 0.2) is 18.6 Å². The van der Waals surface area contributed by atoms with Gasteiger partial charge in [-0.05, 0) is 6.08 Å². The van der Waals surface area contributed by atoms with Gasteiger partial charge in [0, 0.05) is 12.3 Å². The van der Waals surface area contributed by atoms with Gasteiger partial charge >= 0.3 is 16.4 Å². The van der Waals surface area contributed by atoms with Crippen LogP contribution in [0.5, 0.6) is 0 Å². The SMILES string of the molecule is COS(=O)(=O)O.N.O=C(O)/C=C/c1c[nH]cn1. The molecule has 0 radical (unpaired) electrons. The third-order valence-electron chi connectivity index (χ3n) is 1.13. The summed E-state index contributed by atoms with van der Waals surface area (Å²) in [5.41, 5.74) is 0.613. The Hall–Kier alpha value is -1.75. The Bertz CT molecular complexity index is 438. The number of hydrogen-bond donors (Lipinski definition) is 4. The summed E-state index contributed by atoms with van der Waals surface area (Å²) in [4.78, 5) is 16.5. The molecule has 0 aliphatic carbocycles. The van der Waals surface area contributed by atoms with E-state index in [0.717, 1.165) is 13.2 Å². The van der Waals surface area contributed by atoms with Crippen LogP contribution in [-0.4, -0.2) is 41.1 Å². The lowest BCUT2D eigenvalue weighted by molar-refractivity contribution is -0.131. The van der Waals surface area contributed by atoms with E-state index in [4.69, 9.17) is 9.66 Å². The zero-order valence-electron chi connectivity index (χ0n) is 8.90. The van der Waals surface area contributed by atoms with Crippen LogP contribution >= 0.6 is 0 Å². The summed E-state index contributed by atoms with van der Waals surface area (Å²) in [6, 6.07) is 0. The maximum atomic E-state index is 9.97. The number of H-pyrrole nitrogens is 1. The first-order chi connectivity index (χ1) is 7.35. The summed E-state index contributed by atoms with van der Waals surface area (Å²) in [5, 5.41) is 8.19. The average molecular weight is 267 g/mol. The van der Waals surface area contributed by atoms with Crippen molar-refractivity contribution in [2.75, 3.05) is 7.11 Å². The van der Waals surface area contributed by atoms with Gasteiger partial charge in [-0.2, -0.15) is 8.42 Å². The van der Waals surface area contributed by atoms with E-state index in [1.807, 2.05) is 0 Å². The van der Waals surface area contributed by atoms with Crippen LogP contribution in [0.3, 0.4) is 0 Å². The van der Waals surface area contributed by atoms with E-state index in [1.165, 1.54) is 12.4 Å². The van der Waals surface area contributed by atoms with Gasteiger partial charge in [0.2, 0.25) is 0 Å². The predicted octanol–water partition coefficient (Wildman–Crippen LogP) is 0.105. The molecular formula is C7H13N3O6S. The zero-order valence-corrected chi connectivity index (χ0v) is 9.72. The molecule has 1 aromatic rings. The Labute approximate surface area is 97.7 Å². The van der Waals surface area contributed by atoms with Crippen molar-refractivity contribution in [3.05, 3.63) is 24.3 Å². The van der Waals surface area contributed by atoms with Crippen LogP contribution in [-0.2, 0) is 19.4 Å². The van der Waals surface area contributed by atoms with E-state index in [1.54, 1.807) is 6.20 Å². The third kappa shape index (κ3) is 12.2. The molecule has 0 aromatic carbocycles. The minimum absolute atomic E-state index is 0. The third-order valence-corrected chi connectivity index (χ3v) is 1.55. The summed E-state index contributed by atoms with van der Waals surface area (Å²) in [6.45, 7) is 0. The zero-order chi connectivity index (χ0) is 12.6. The van der Waals surface area contributed by atoms with Gasteiger partial charge in [0.15, 0.2) is 0 Å². The molecule has 0 amide bonds. The Balaban J connectivity index is 0. The van der Waals surface area contributed by atoms with Crippen molar-refractivity contribution < 1.29 is 27.1 Å². The highest BCUT2D eigenvalue weighted by molar-refractivity contribution is 7.80. The van der Waals surface area contributed by atoms with Crippen LogP contribution in [0.1, 0.15) is 5.69 Å². The monoisotopic (exact) mass is 267 g/mol. The van der Waals surface area contributed by atoms with E-state index in [-0.39, 0.29) is 6.15 Å². The number of aliphatic carboxylic acids is 1. The van der Waals surface area contributed by atoms with E-state index in [9.17, 15) is 13.2 Å². The number of carboxylic acids is 1. The normalized spacial score (nSPS) is 10.2. The molecule has 98 valence electrons. The molecule has 1 aromatic heterocycles.